The van der Waals surface area contributed by atoms with E-state index in [1.54, 1.807) is 12.1 Å². The van der Waals surface area contributed by atoms with Crippen molar-refractivity contribution in [1.29, 1.82) is 0 Å². The number of rotatable bonds is 4. The van der Waals surface area contributed by atoms with Crippen molar-refractivity contribution in [2.75, 3.05) is 13.2 Å². The molecular formula is C13H19NO3S. The molecule has 100 valence electrons. The summed E-state index contributed by atoms with van der Waals surface area (Å²) in [5, 5.41) is 0. The fourth-order valence-corrected chi connectivity index (χ4v) is 3.12. The number of hydrogen-bond donors (Lipinski definition) is 1. The van der Waals surface area contributed by atoms with Gasteiger partial charge in [0.25, 0.3) is 0 Å². The third-order valence-corrected chi connectivity index (χ3v) is 4.73. The van der Waals surface area contributed by atoms with Gasteiger partial charge in [-0.25, -0.2) is 13.1 Å². The predicted molar refractivity (Wildman–Crippen MR) is 70.1 cm³/mol. The molecule has 0 unspecified atom stereocenters. The summed E-state index contributed by atoms with van der Waals surface area (Å²) in [5.41, 5.74) is 2.07. The van der Waals surface area contributed by atoms with Crippen molar-refractivity contribution in [3.05, 3.63) is 29.3 Å². The Balaban J connectivity index is 2.07. The average molecular weight is 269 g/mol. The zero-order valence-electron chi connectivity index (χ0n) is 10.8. The van der Waals surface area contributed by atoms with E-state index in [-0.39, 0.29) is 6.10 Å². The minimum Gasteiger partial charge on any atom is -0.377 e. The van der Waals surface area contributed by atoms with Crippen LogP contribution in [0.3, 0.4) is 0 Å². The zero-order valence-corrected chi connectivity index (χ0v) is 11.6. The van der Waals surface area contributed by atoms with Crippen LogP contribution in [0.2, 0.25) is 0 Å². The van der Waals surface area contributed by atoms with E-state index in [1.807, 2.05) is 19.9 Å². The van der Waals surface area contributed by atoms with Crippen molar-refractivity contribution in [3.8, 4) is 0 Å². The standard InChI is InChI=1S/C13H19NO3S/c1-10-5-6-13(8-11(10)2)18(15,16)14-9-12-4-3-7-17-12/h5-6,8,12,14H,3-4,7,9H2,1-2H3/t12-/m0/s1. The van der Waals surface area contributed by atoms with Gasteiger partial charge in [-0.2, -0.15) is 0 Å². The lowest BCUT2D eigenvalue weighted by Crippen LogP contribution is -2.31. The molecule has 0 amide bonds. The third-order valence-electron chi connectivity index (χ3n) is 3.31. The van der Waals surface area contributed by atoms with Crippen molar-refractivity contribution in [2.24, 2.45) is 0 Å². The maximum Gasteiger partial charge on any atom is 0.240 e. The Morgan fingerprint density at radius 2 is 2.11 bits per heavy atom. The second-order valence-electron chi connectivity index (χ2n) is 4.73. The summed E-state index contributed by atoms with van der Waals surface area (Å²) in [6.07, 6.45) is 1.96. The smallest absolute Gasteiger partial charge is 0.240 e. The molecule has 2 rings (SSSR count). The number of sulfonamides is 1. The van der Waals surface area contributed by atoms with E-state index in [9.17, 15) is 8.42 Å². The Labute approximate surface area is 108 Å². The minimum atomic E-state index is -3.42. The van der Waals surface area contributed by atoms with Crippen LogP contribution in [0.15, 0.2) is 23.1 Å². The van der Waals surface area contributed by atoms with Gasteiger partial charge >= 0.3 is 0 Å². The van der Waals surface area contributed by atoms with Crippen molar-refractivity contribution in [3.63, 3.8) is 0 Å². The first-order chi connectivity index (χ1) is 8.49. The molecule has 0 aromatic heterocycles. The van der Waals surface area contributed by atoms with Gasteiger partial charge in [0.05, 0.1) is 11.0 Å². The highest BCUT2D eigenvalue weighted by Crippen LogP contribution is 2.16. The lowest BCUT2D eigenvalue weighted by Gasteiger charge is -2.12. The molecule has 1 aromatic carbocycles. The Hall–Kier alpha value is -0.910. The largest absolute Gasteiger partial charge is 0.377 e. The number of ether oxygens (including phenoxy) is 1. The van der Waals surface area contributed by atoms with Gasteiger partial charge in [-0.1, -0.05) is 6.07 Å². The molecule has 1 aromatic rings. The molecule has 4 nitrogen and oxygen atoms in total. The zero-order chi connectivity index (χ0) is 13.2. The summed E-state index contributed by atoms with van der Waals surface area (Å²) in [4.78, 5) is 0.323. The number of benzene rings is 1. The van der Waals surface area contributed by atoms with Gasteiger partial charge in [-0.05, 0) is 49.9 Å². The van der Waals surface area contributed by atoms with E-state index in [2.05, 4.69) is 4.72 Å². The van der Waals surface area contributed by atoms with Crippen molar-refractivity contribution in [1.82, 2.24) is 4.72 Å². The first-order valence-corrected chi connectivity index (χ1v) is 7.66. The van der Waals surface area contributed by atoms with Crippen molar-refractivity contribution in [2.45, 2.75) is 37.7 Å². The van der Waals surface area contributed by atoms with E-state index in [0.717, 1.165) is 30.6 Å². The Bertz CT molecular complexity index is 519. The summed E-state index contributed by atoms with van der Waals surface area (Å²) < 4.78 is 32.2. The fraction of sp³-hybridized carbons (Fsp3) is 0.538. The summed E-state index contributed by atoms with van der Waals surface area (Å²) in [7, 11) is -3.42. The molecule has 0 aliphatic carbocycles. The van der Waals surface area contributed by atoms with Crippen LogP contribution in [0.5, 0.6) is 0 Å². The van der Waals surface area contributed by atoms with Crippen LogP contribution < -0.4 is 4.72 Å². The van der Waals surface area contributed by atoms with Gasteiger partial charge in [-0.15, -0.1) is 0 Å². The summed E-state index contributed by atoms with van der Waals surface area (Å²) in [5.74, 6) is 0. The third kappa shape index (κ3) is 3.10. The van der Waals surface area contributed by atoms with Gasteiger partial charge in [0, 0.05) is 13.2 Å². The Morgan fingerprint density at radius 3 is 2.72 bits per heavy atom. The van der Waals surface area contributed by atoms with Gasteiger partial charge in [0.2, 0.25) is 10.0 Å². The van der Waals surface area contributed by atoms with Gasteiger partial charge in [0.1, 0.15) is 0 Å². The molecule has 1 heterocycles. The highest BCUT2D eigenvalue weighted by atomic mass is 32.2. The maximum atomic E-state index is 12.1. The first kappa shape index (κ1) is 13.5. The normalized spacial score (nSPS) is 20.2. The molecule has 1 fully saturated rings. The molecule has 0 radical (unpaired) electrons. The van der Waals surface area contributed by atoms with Gasteiger partial charge < -0.3 is 4.74 Å². The first-order valence-electron chi connectivity index (χ1n) is 6.17. The second-order valence-corrected chi connectivity index (χ2v) is 6.50. The summed E-state index contributed by atoms with van der Waals surface area (Å²) in [6, 6.07) is 5.17. The van der Waals surface area contributed by atoms with Crippen LogP contribution in [0, 0.1) is 13.8 Å². The molecule has 18 heavy (non-hydrogen) atoms. The molecule has 1 N–H and O–H groups in total. The SMILES string of the molecule is Cc1ccc(S(=O)(=O)NC[C@@H]2CCCO2)cc1C. The molecule has 0 spiro atoms. The monoisotopic (exact) mass is 269 g/mol. The highest BCUT2D eigenvalue weighted by molar-refractivity contribution is 7.89. The van der Waals surface area contributed by atoms with E-state index < -0.39 is 10.0 Å². The topological polar surface area (TPSA) is 55.4 Å². The average Bonchev–Trinajstić information content (AvgIpc) is 2.83. The second kappa shape index (κ2) is 5.38. The number of hydrogen-bond acceptors (Lipinski definition) is 3. The van der Waals surface area contributed by atoms with E-state index in [0.29, 0.717) is 11.4 Å². The minimum absolute atomic E-state index is 0.0197. The van der Waals surface area contributed by atoms with Crippen LogP contribution in [-0.2, 0) is 14.8 Å². The summed E-state index contributed by atoms with van der Waals surface area (Å²) >= 11 is 0. The fourth-order valence-electron chi connectivity index (χ4n) is 1.97. The highest BCUT2D eigenvalue weighted by Gasteiger charge is 2.20. The van der Waals surface area contributed by atoms with Crippen LogP contribution in [-0.4, -0.2) is 27.7 Å². The lowest BCUT2D eigenvalue weighted by molar-refractivity contribution is 0.114. The quantitative estimate of drug-likeness (QED) is 0.906. The lowest BCUT2D eigenvalue weighted by atomic mass is 10.1. The van der Waals surface area contributed by atoms with Gasteiger partial charge in [-0.3, -0.25) is 0 Å². The molecular weight excluding hydrogens is 250 g/mol. The molecule has 1 atom stereocenters. The number of aryl methyl sites for hydroxylation is 2. The van der Waals surface area contributed by atoms with Crippen LogP contribution in [0.25, 0.3) is 0 Å². The molecule has 1 saturated heterocycles. The summed E-state index contributed by atoms with van der Waals surface area (Å²) in [6.45, 7) is 4.96. The maximum absolute atomic E-state index is 12.1. The van der Waals surface area contributed by atoms with E-state index in [1.165, 1.54) is 0 Å². The predicted octanol–water partition coefficient (Wildman–Crippen LogP) is 1.76. The molecule has 0 saturated carbocycles. The van der Waals surface area contributed by atoms with Crippen molar-refractivity contribution >= 4 is 10.0 Å². The molecule has 1 aliphatic rings. The van der Waals surface area contributed by atoms with Crippen molar-refractivity contribution < 1.29 is 13.2 Å². The van der Waals surface area contributed by atoms with E-state index in [4.69, 9.17) is 4.74 Å². The molecule has 5 heteroatoms. The van der Waals surface area contributed by atoms with Crippen LogP contribution in [0.4, 0.5) is 0 Å². The van der Waals surface area contributed by atoms with Crippen LogP contribution in [0.1, 0.15) is 24.0 Å². The van der Waals surface area contributed by atoms with Gasteiger partial charge in [0.15, 0.2) is 0 Å². The molecule has 0 bridgehead atoms. The molecule has 1 aliphatic heterocycles. The number of nitrogens with one attached hydrogen (secondary N) is 1. The Morgan fingerprint density at radius 1 is 1.33 bits per heavy atom. The van der Waals surface area contributed by atoms with E-state index >= 15 is 0 Å². The van der Waals surface area contributed by atoms with Crippen LogP contribution >= 0.6 is 0 Å². The Kier molecular flexibility index (Phi) is 4.04.